The van der Waals surface area contributed by atoms with E-state index in [0.717, 1.165) is 0 Å². The maximum absolute atomic E-state index is 3.83. The molecule has 0 N–H and O–H groups in total. The van der Waals surface area contributed by atoms with Crippen LogP contribution in [0.4, 0.5) is 0 Å². The van der Waals surface area contributed by atoms with Crippen molar-refractivity contribution in [3.63, 3.8) is 0 Å². The number of hydrogen-bond acceptors (Lipinski definition) is 0. The summed E-state index contributed by atoms with van der Waals surface area (Å²) in [7, 11) is 0. The molecule has 0 amide bonds. The van der Waals surface area contributed by atoms with Gasteiger partial charge >= 0.3 is 0 Å². The molecule has 1 aromatic carbocycles. The Morgan fingerprint density at radius 2 is 1.87 bits per heavy atom. The van der Waals surface area contributed by atoms with Gasteiger partial charge in [-0.15, -0.1) is 6.58 Å². The maximum atomic E-state index is 3.83. The Labute approximate surface area is 94.0 Å². The molecule has 1 rings (SSSR count). The highest BCUT2D eigenvalue weighted by molar-refractivity contribution is 5.47. The van der Waals surface area contributed by atoms with Crippen molar-refractivity contribution in [3.8, 4) is 0 Å². The van der Waals surface area contributed by atoms with E-state index in [4.69, 9.17) is 0 Å². The maximum Gasteiger partial charge on any atom is 0.0233 e. The van der Waals surface area contributed by atoms with Crippen LogP contribution in [0.5, 0.6) is 0 Å². The lowest BCUT2D eigenvalue weighted by Gasteiger charge is -2.24. The largest absolute Gasteiger partial charge is 0.102 e. The fourth-order valence-corrected chi connectivity index (χ4v) is 1.99. The summed E-state index contributed by atoms with van der Waals surface area (Å²) < 4.78 is 0. The second-order valence-electron chi connectivity index (χ2n) is 5.12. The molecule has 0 bridgehead atoms. The van der Waals surface area contributed by atoms with E-state index in [1.54, 1.807) is 0 Å². The predicted octanol–water partition coefficient (Wildman–Crippen LogP) is 4.42. The molecule has 15 heavy (non-hydrogen) atoms. The van der Waals surface area contributed by atoms with Crippen LogP contribution in [0.1, 0.15) is 44.4 Å². The van der Waals surface area contributed by atoms with Crippen molar-refractivity contribution in [2.24, 2.45) is 0 Å². The second-order valence-corrected chi connectivity index (χ2v) is 5.12. The minimum Gasteiger partial charge on any atom is -0.102 e. The first-order valence-electron chi connectivity index (χ1n) is 5.44. The molecule has 0 atom stereocenters. The molecule has 1 aromatic rings. The Morgan fingerprint density at radius 1 is 1.27 bits per heavy atom. The quantitative estimate of drug-likeness (QED) is 0.664. The molecule has 0 nitrogen and oxygen atoms in total. The van der Waals surface area contributed by atoms with Crippen LogP contribution in [0.2, 0.25) is 0 Å². The van der Waals surface area contributed by atoms with E-state index in [0.29, 0.717) is 0 Å². The van der Waals surface area contributed by atoms with Crippen molar-refractivity contribution >= 4 is 0 Å². The monoisotopic (exact) mass is 201 g/mol. The molecule has 0 saturated carbocycles. The zero-order chi connectivity index (χ0) is 11.6. The van der Waals surface area contributed by atoms with Gasteiger partial charge in [-0.3, -0.25) is 0 Å². The SMILES string of the molecule is C=C[C](C)c1cccc(C(C)(C)C)c1C. The molecule has 0 spiro atoms. The molecular formula is C15H21. The van der Waals surface area contributed by atoms with Crippen molar-refractivity contribution in [3.05, 3.63) is 53.5 Å². The van der Waals surface area contributed by atoms with Crippen LogP contribution in [-0.2, 0) is 5.41 Å². The first-order chi connectivity index (χ1) is 6.88. The van der Waals surface area contributed by atoms with Gasteiger partial charge in [0.25, 0.3) is 0 Å². The van der Waals surface area contributed by atoms with Crippen molar-refractivity contribution < 1.29 is 0 Å². The molecule has 1 radical (unpaired) electrons. The normalized spacial score (nSPS) is 11.9. The van der Waals surface area contributed by atoms with Gasteiger partial charge in [0.1, 0.15) is 0 Å². The van der Waals surface area contributed by atoms with Gasteiger partial charge in [-0.1, -0.05) is 52.0 Å². The van der Waals surface area contributed by atoms with Gasteiger partial charge in [0.15, 0.2) is 0 Å². The van der Waals surface area contributed by atoms with E-state index in [1.165, 1.54) is 22.6 Å². The Kier molecular flexibility index (Phi) is 3.38. The van der Waals surface area contributed by atoms with Crippen molar-refractivity contribution in [2.75, 3.05) is 0 Å². The topological polar surface area (TPSA) is 0 Å². The van der Waals surface area contributed by atoms with Crippen LogP contribution in [0.15, 0.2) is 30.9 Å². The van der Waals surface area contributed by atoms with Gasteiger partial charge in [0.2, 0.25) is 0 Å². The Hall–Kier alpha value is -1.04. The van der Waals surface area contributed by atoms with Gasteiger partial charge in [0, 0.05) is 5.92 Å². The average molecular weight is 201 g/mol. The standard InChI is InChI=1S/C15H21/c1-7-11(2)13-9-8-10-14(12(13)3)15(4,5)6/h7-10H,1H2,2-6H3. The van der Waals surface area contributed by atoms with Crippen molar-refractivity contribution in [2.45, 2.75) is 40.0 Å². The molecule has 0 heteroatoms. The van der Waals surface area contributed by atoms with E-state index in [2.05, 4.69) is 59.4 Å². The summed E-state index contributed by atoms with van der Waals surface area (Å²) in [5, 5.41) is 0. The predicted molar refractivity (Wildman–Crippen MR) is 68.1 cm³/mol. The number of hydrogen-bond donors (Lipinski definition) is 0. The minimum atomic E-state index is 0.210. The highest BCUT2D eigenvalue weighted by Gasteiger charge is 2.18. The van der Waals surface area contributed by atoms with Crippen LogP contribution < -0.4 is 0 Å². The summed E-state index contributed by atoms with van der Waals surface area (Å²) in [6.45, 7) is 14.9. The molecule has 0 unspecified atom stereocenters. The summed E-state index contributed by atoms with van der Waals surface area (Å²) >= 11 is 0. The first kappa shape index (κ1) is 12.0. The third-order valence-electron chi connectivity index (χ3n) is 2.87. The molecule has 0 aliphatic rings. The highest BCUT2D eigenvalue weighted by Crippen LogP contribution is 2.30. The molecule has 0 aromatic heterocycles. The fourth-order valence-electron chi connectivity index (χ4n) is 1.99. The van der Waals surface area contributed by atoms with Gasteiger partial charge in [-0.05, 0) is 29.0 Å². The molecule has 0 heterocycles. The lowest BCUT2D eigenvalue weighted by atomic mass is 9.81. The van der Waals surface area contributed by atoms with Crippen LogP contribution in [0, 0.1) is 12.8 Å². The summed E-state index contributed by atoms with van der Waals surface area (Å²) in [5.74, 6) is 1.25. The number of allylic oxidation sites excluding steroid dienone is 1. The van der Waals surface area contributed by atoms with E-state index in [1.807, 2.05) is 6.08 Å². The first-order valence-corrected chi connectivity index (χ1v) is 5.44. The van der Waals surface area contributed by atoms with Crippen LogP contribution in [0.3, 0.4) is 0 Å². The lowest BCUT2D eigenvalue weighted by molar-refractivity contribution is 0.585. The summed E-state index contributed by atoms with van der Waals surface area (Å²) in [5.41, 5.74) is 4.32. The Bertz CT molecular complexity index is 353. The third-order valence-corrected chi connectivity index (χ3v) is 2.87. The van der Waals surface area contributed by atoms with E-state index in [-0.39, 0.29) is 5.41 Å². The fraction of sp³-hybridized carbons (Fsp3) is 0.400. The highest BCUT2D eigenvalue weighted by atomic mass is 14.2. The molecular weight excluding hydrogens is 180 g/mol. The molecule has 0 aliphatic carbocycles. The van der Waals surface area contributed by atoms with Crippen LogP contribution in [0.25, 0.3) is 0 Å². The van der Waals surface area contributed by atoms with Crippen LogP contribution in [-0.4, -0.2) is 0 Å². The zero-order valence-electron chi connectivity index (χ0n) is 10.5. The summed E-state index contributed by atoms with van der Waals surface area (Å²) in [4.78, 5) is 0. The van der Waals surface area contributed by atoms with Crippen LogP contribution >= 0.6 is 0 Å². The average Bonchev–Trinajstić information content (AvgIpc) is 2.15. The minimum absolute atomic E-state index is 0.210. The summed E-state index contributed by atoms with van der Waals surface area (Å²) in [6.07, 6.45) is 1.93. The van der Waals surface area contributed by atoms with Gasteiger partial charge in [0.05, 0.1) is 0 Å². The lowest BCUT2D eigenvalue weighted by Crippen LogP contribution is -2.14. The van der Waals surface area contributed by atoms with Gasteiger partial charge in [-0.25, -0.2) is 0 Å². The summed E-state index contributed by atoms with van der Waals surface area (Å²) in [6, 6.07) is 6.52. The Balaban J connectivity index is 3.29. The van der Waals surface area contributed by atoms with E-state index >= 15 is 0 Å². The zero-order valence-corrected chi connectivity index (χ0v) is 10.5. The van der Waals surface area contributed by atoms with Gasteiger partial charge < -0.3 is 0 Å². The number of rotatable bonds is 2. The number of benzene rings is 1. The van der Waals surface area contributed by atoms with E-state index in [9.17, 15) is 0 Å². The molecule has 81 valence electrons. The molecule has 0 aliphatic heterocycles. The third kappa shape index (κ3) is 2.50. The molecule has 0 fully saturated rings. The smallest absolute Gasteiger partial charge is 0.0233 e. The van der Waals surface area contributed by atoms with E-state index < -0.39 is 0 Å². The van der Waals surface area contributed by atoms with Crippen molar-refractivity contribution in [1.82, 2.24) is 0 Å². The second kappa shape index (κ2) is 4.22. The molecule has 0 saturated heterocycles. The Morgan fingerprint density at radius 3 is 2.33 bits per heavy atom. The van der Waals surface area contributed by atoms with Gasteiger partial charge in [-0.2, -0.15) is 0 Å². The van der Waals surface area contributed by atoms with Crippen molar-refractivity contribution in [1.29, 1.82) is 0 Å².